The van der Waals surface area contributed by atoms with E-state index in [0.29, 0.717) is 19.4 Å². The first-order valence-corrected chi connectivity index (χ1v) is 7.88. The summed E-state index contributed by atoms with van der Waals surface area (Å²) in [5, 5.41) is 28.3. The second-order valence-corrected chi connectivity index (χ2v) is 5.98. The highest BCUT2D eigenvalue weighted by Crippen LogP contribution is 2.48. The molecule has 0 bridgehead atoms. The maximum Gasteiger partial charge on any atom is 0.303 e. The molecule has 0 aliphatic heterocycles. The van der Waals surface area contributed by atoms with Crippen molar-refractivity contribution in [3.05, 3.63) is 23.4 Å². The van der Waals surface area contributed by atoms with Gasteiger partial charge in [-0.1, -0.05) is 19.1 Å². The van der Waals surface area contributed by atoms with Crippen molar-refractivity contribution in [2.75, 3.05) is 6.61 Å². The molecule has 1 saturated carbocycles. The van der Waals surface area contributed by atoms with Gasteiger partial charge in [-0.05, 0) is 31.3 Å². The Morgan fingerprint density at radius 3 is 2.95 bits per heavy atom. The van der Waals surface area contributed by atoms with Crippen molar-refractivity contribution < 1.29 is 25.0 Å². The van der Waals surface area contributed by atoms with E-state index in [1.54, 1.807) is 6.08 Å². The standard InChI is InChI=1S/C16H25NO5/c1-2-11(18)6-5-10-8-12-13(16(10)21)9-14(12)17-22-7-3-4-15(19)20/h5-6,10-11,13,16-18,21H,2-4,7-9H2,1H3,(H,19,20)/t10?,11?,13-,16?/m1/s1. The minimum absolute atomic E-state index is 0.0486. The Morgan fingerprint density at radius 1 is 1.50 bits per heavy atom. The summed E-state index contributed by atoms with van der Waals surface area (Å²) in [6, 6.07) is 0. The number of carboxylic acids is 1. The molecule has 124 valence electrons. The summed E-state index contributed by atoms with van der Waals surface area (Å²) in [6.45, 7) is 2.26. The lowest BCUT2D eigenvalue weighted by Gasteiger charge is -2.30. The summed E-state index contributed by atoms with van der Waals surface area (Å²) in [6.07, 6.45) is 5.60. The first-order chi connectivity index (χ1) is 10.5. The lowest BCUT2D eigenvalue weighted by Crippen LogP contribution is -2.32. The Morgan fingerprint density at radius 2 is 2.27 bits per heavy atom. The number of carboxylic acid groups (broad SMARTS) is 1. The molecule has 0 aromatic carbocycles. The van der Waals surface area contributed by atoms with Crippen LogP contribution in [0.25, 0.3) is 0 Å². The van der Waals surface area contributed by atoms with Gasteiger partial charge < -0.3 is 15.3 Å². The number of aliphatic hydroxyl groups excluding tert-OH is 2. The third-order valence-corrected chi connectivity index (χ3v) is 4.40. The van der Waals surface area contributed by atoms with Crippen LogP contribution in [0.15, 0.2) is 23.4 Å². The topological polar surface area (TPSA) is 99.0 Å². The van der Waals surface area contributed by atoms with Crippen LogP contribution in [0, 0.1) is 11.8 Å². The first kappa shape index (κ1) is 17.0. The molecule has 3 unspecified atom stereocenters. The van der Waals surface area contributed by atoms with Gasteiger partial charge in [-0.25, -0.2) is 0 Å². The number of fused-ring (bicyclic) bond motifs is 1. The minimum atomic E-state index is -0.822. The van der Waals surface area contributed by atoms with Crippen LogP contribution in [0.5, 0.6) is 0 Å². The Bertz CT molecular complexity index is 459. The van der Waals surface area contributed by atoms with E-state index in [0.717, 1.165) is 18.5 Å². The summed E-state index contributed by atoms with van der Waals surface area (Å²) in [5.74, 6) is -0.594. The van der Waals surface area contributed by atoms with E-state index < -0.39 is 18.2 Å². The molecule has 0 amide bonds. The van der Waals surface area contributed by atoms with Gasteiger partial charge in [0.2, 0.25) is 0 Å². The lowest BCUT2D eigenvalue weighted by atomic mass is 9.83. The number of aliphatic hydroxyl groups is 2. The molecule has 2 aliphatic carbocycles. The van der Waals surface area contributed by atoms with Gasteiger partial charge in [0.25, 0.3) is 0 Å². The summed E-state index contributed by atoms with van der Waals surface area (Å²) in [4.78, 5) is 15.7. The smallest absolute Gasteiger partial charge is 0.303 e. The van der Waals surface area contributed by atoms with Crippen LogP contribution in [0.1, 0.15) is 39.0 Å². The molecule has 0 saturated heterocycles. The van der Waals surface area contributed by atoms with Gasteiger partial charge in [0.05, 0.1) is 18.8 Å². The van der Waals surface area contributed by atoms with Gasteiger partial charge >= 0.3 is 5.97 Å². The second kappa shape index (κ2) is 7.76. The molecule has 1 fully saturated rings. The van der Waals surface area contributed by atoms with Crippen LogP contribution in [-0.4, -0.2) is 40.1 Å². The normalized spacial score (nSPS) is 28.6. The van der Waals surface area contributed by atoms with Crippen molar-refractivity contribution in [1.82, 2.24) is 5.48 Å². The molecule has 6 heteroatoms. The number of rotatable bonds is 9. The Balaban J connectivity index is 1.77. The van der Waals surface area contributed by atoms with Crippen molar-refractivity contribution in [1.29, 1.82) is 0 Å². The summed E-state index contributed by atoms with van der Waals surface area (Å²) >= 11 is 0. The fraction of sp³-hybridized carbons (Fsp3) is 0.688. The number of hydroxylamine groups is 1. The zero-order valence-corrected chi connectivity index (χ0v) is 12.9. The molecule has 0 aromatic heterocycles. The number of hydrogen-bond acceptors (Lipinski definition) is 5. The van der Waals surface area contributed by atoms with Gasteiger partial charge in [0, 0.05) is 24.0 Å². The monoisotopic (exact) mass is 311 g/mol. The number of aliphatic carboxylic acids is 1. The maximum atomic E-state index is 10.4. The average molecular weight is 311 g/mol. The molecule has 22 heavy (non-hydrogen) atoms. The Labute approximate surface area is 130 Å². The number of carbonyl (C=O) groups is 1. The van der Waals surface area contributed by atoms with Gasteiger partial charge in [-0.15, -0.1) is 0 Å². The van der Waals surface area contributed by atoms with E-state index in [1.807, 2.05) is 13.0 Å². The maximum absolute atomic E-state index is 10.4. The molecule has 0 radical (unpaired) electrons. The zero-order chi connectivity index (χ0) is 16.1. The molecule has 0 heterocycles. The third kappa shape index (κ3) is 4.09. The molecule has 4 atom stereocenters. The van der Waals surface area contributed by atoms with Crippen molar-refractivity contribution in [2.45, 2.75) is 51.2 Å². The predicted octanol–water partition coefficient (Wildman–Crippen LogP) is 1.35. The molecule has 2 rings (SSSR count). The SMILES string of the molecule is CCC(O)C=CC1CC2=C(NOCCCC(=O)O)C[C@H]2C1O. The van der Waals surface area contributed by atoms with Crippen molar-refractivity contribution in [3.8, 4) is 0 Å². The highest BCUT2D eigenvalue weighted by molar-refractivity contribution is 5.66. The van der Waals surface area contributed by atoms with Crippen molar-refractivity contribution >= 4 is 5.97 Å². The Kier molecular flexibility index (Phi) is 5.99. The summed E-state index contributed by atoms with van der Waals surface area (Å²) in [5.41, 5.74) is 5.08. The molecule has 0 aromatic rings. The third-order valence-electron chi connectivity index (χ3n) is 4.40. The fourth-order valence-electron chi connectivity index (χ4n) is 2.97. The van der Waals surface area contributed by atoms with E-state index in [-0.39, 0.29) is 18.3 Å². The van der Waals surface area contributed by atoms with Crippen LogP contribution >= 0.6 is 0 Å². The van der Waals surface area contributed by atoms with Crippen LogP contribution in [0.4, 0.5) is 0 Å². The highest BCUT2D eigenvalue weighted by Gasteiger charge is 2.44. The summed E-state index contributed by atoms with van der Waals surface area (Å²) < 4.78 is 0. The quantitative estimate of drug-likeness (QED) is 0.291. The second-order valence-electron chi connectivity index (χ2n) is 5.98. The molecule has 0 spiro atoms. The molecular weight excluding hydrogens is 286 g/mol. The zero-order valence-electron chi connectivity index (χ0n) is 12.9. The van der Waals surface area contributed by atoms with E-state index in [4.69, 9.17) is 9.94 Å². The van der Waals surface area contributed by atoms with Crippen LogP contribution in [-0.2, 0) is 9.63 Å². The van der Waals surface area contributed by atoms with Gasteiger partial charge in [0.15, 0.2) is 0 Å². The molecule has 6 nitrogen and oxygen atoms in total. The molecular formula is C16H25NO5. The largest absolute Gasteiger partial charge is 0.481 e. The van der Waals surface area contributed by atoms with Gasteiger partial charge in [-0.3, -0.25) is 15.1 Å². The van der Waals surface area contributed by atoms with Crippen LogP contribution in [0.2, 0.25) is 0 Å². The average Bonchev–Trinajstić information content (AvgIpc) is 2.71. The van der Waals surface area contributed by atoms with E-state index in [9.17, 15) is 15.0 Å². The fourth-order valence-corrected chi connectivity index (χ4v) is 2.97. The van der Waals surface area contributed by atoms with Gasteiger partial charge in [0.1, 0.15) is 0 Å². The van der Waals surface area contributed by atoms with Crippen LogP contribution < -0.4 is 5.48 Å². The number of allylic oxidation sites excluding steroid dienone is 1. The minimum Gasteiger partial charge on any atom is -0.481 e. The van der Waals surface area contributed by atoms with E-state index >= 15 is 0 Å². The lowest BCUT2D eigenvalue weighted by molar-refractivity contribution is -0.137. The molecule has 2 aliphatic rings. The predicted molar refractivity (Wildman–Crippen MR) is 80.6 cm³/mol. The number of nitrogens with one attached hydrogen (secondary N) is 1. The Hall–Kier alpha value is -1.37. The van der Waals surface area contributed by atoms with Gasteiger partial charge in [-0.2, -0.15) is 0 Å². The van der Waals surface area contributed by atoms with Crippen molar-refractivity contribution in [2.24, 2.45) is 11.8 Å². The number of hydrogen-bond donors (Lipinski definition) is 4. The van der Waals surface area contributed by atoms with Crippen molar-refractivity contribution in [3.63, 3.8) is 0 Å². The molecule has 4 N–H and O–H groups in total. The van der Waals surface area contributed by atoms with E-state index in [2.05, 4.69) is 5.48 Å². The first-order valence-electron chi connectivity index (χ1n) is 7.88. The summed E-state index contributed by atoms with van der Waals surface area (Å²) in [7, 11) is 0. The van der Waals surface area contributed by atoms with E-state index in [1.165, 1.54) is 5.57 Å². The highest BCUT2D eigenvalue weighted by atomic mass is 16.6. The van der Waals surface area contributed by atoms with Crippen LogP contribution in [0.3, 0.4) is 0 Å².